The van der Waals surface area contributed by atoms with Gasteiger partial charge in [-0.1, -0.05) is 47.6 Å². The summed E-state index contributed by atoms with van der Waals surface area (Å²) < 4.78 is 146. The molecule has 36 heavy (non-hydrogen) atoms. The molecule has 4 rings (SSSR count). The smallest absolute Gasteiger partial charge is 0.281 e. The van der Waals surface area contributed by atoms with Gasteiger partial charge in [0, 0.05) is 24.7 Å². The summed E-state index contributed by atoms with van der Waals surface area (Å²) in [6.07, 6.45) is -4.48. The zero-order valence-electron chi connectivity index (χ0n) is 18.9. The van der Waals surface area contributed by atoms with Gasteiger partial charge in [-0.05, 0) is 13.8 Å². The van der Waals surface area contributed by atoms with Gasteiger partial charge in [0.25, 0.3) is 6.28 Å². The molecule has 192 valence electrons. The second kappa shape index (κ2) is 8.83. The topological polar surface area (TPSA) is 0 Å². The van der Waals surface area contributed by atoms with E-state index in [2.05, 4.69) is 0 Å². The third-order valence-electron chi connectivity index (χ3n) is 7.87. The van der Waals surface area contributed by atoms with E-state index in [0.717, 1.165) is 0 Å². The normalized spacial score (nSPS) is 18.3. The van der Waals surface area contributed by atoms with Crippen LogP contribution in [0.25, 0.3) is 0 Å². The van der Waals surface area contributed by atoms with Crippen LogP contribution in [0.2, 0.25) is 6.32 Å². The van der Waals surface area contributed by atoms with Crippen LogP contribution in [0.15, 0.2) is 30.3 Å². The minimum atomic E-state index is -3.83. The highest BCUT2D eigenvalue weighted by Crippen LogP contribution is 2.52. The lowest BCUT2D eigenvalue weighted by Gasteiger charge is -2.73. The predicted octanol–water partition coefficient (Wildman–Crippen LogP) is 5.75. The molecule has 0 aromatic heterocycles. The van der Waals surface area contributed by atoms with Crippen molar-refractivity contribution in [2.75, 3.05) is 13.1 Å². The Balaban J connectivity index is 2.22. The number of nitrogens with zero attached hydrogens (tertiary/aromatic N) is 1. The molecule has 1 fully saturated rings. The van der Waals surface area contributed by atoms with E-state index in [1.54, 1.807) is 30.3 Å². The Kier molecular flexibility index (Phi) is 6.39. The average molecular weight is 521 g/mol. The molecule has 0 N–H and O–H groups in total. The number of hydrogen-bond donors (Lipinski definition) is 0. The summed E-state index contributed by atoms with van der Waals surface area (Å²) in [6, 6.07) is 7.19. The molecule has 1 aliphatic rings. The SMILES string of the molecule is CC[N+]1(CC)[C@H](c2ccccc2)C[B-]1(c1c(F)c(F)c(F)c(F)c1F)c1c(F)c(F)c(F)c(F)c1F. The molecule has 0 radical (unpaired) electrons. The van der Waals surface area contributed by atoms with Crippen LogP contribution < -0.4 is 10.9 Å². The standard InChI is InChI=1S/C24H18BF10N/c1-3-36(4-2)12(11-8-6-5-7-9-11)10-25(36,13-15(26)19(30)23(34)20(31)16(13)27)14-17(28)21(32)24(35)22(33)18(14)29/h5-9,12H,3-4,10H2,1-2H3/t12-/m0/s1. The van der Waals surface area contributed by atoms with Crippen LogP contribution in [-0.4, -0.2) is 23.8 Å². The lowest BCUT2D eigenvalue weighted by atomic mass is 9.16. The first kappa shape index (κ1) is 26.1. The van der Waals surface area contributed by atoms with E-state index in [-0.39, 0.29) is 13.1 Å². The van der Waals surface area contributed by atoms with E-state index in [1.165, 1.54) is 13.8 Å². The first-order chi connectivity index (χ1) is 16.9. The minimum Gasteiger partial charge on any atom is -0.504 e. The van der Waals surface area contributed by atoms with Crippen LogP contribution in [0.4, 0.5) is 43.9 Å². The lowest BCUT2D eigenvalue weighted by Crippen LogP contribution is -2.89. The van der Waals surface area contributed by atoms with Gasteiger partial charge in [-0.15, -0.1) is 0 Å². The first-order valence-electron chi connectivity index (χ1n) is 11.0. The Hall–Kier alpha value is -3.02. The summed E-state index contributed by atoms with van der Waals surface area (Å²) in [5, 5.41) is 0. The van der Waals surface area contributed by atoms with E-state index in [4.69, 9.17) is 0 Å². The maximum atomic E-state index is 15.3. The van der Waals surface area contributed by atoms with Crippen molar-refractivity contribution in [1.82, 2.24) is 0 Å². The largest absolute Gasteiger partial charge is 0.504 e. The summed E-state index contributed by atoms with van der Waals surface area (Å²) >= 11 is 0. The Morgan fingerprint density at radius 2 is 0.917 bits per heavy atom. The van der Waals surface area contributed by atoms with Crippen molar-refractivity contribution >= 4 is 17.2 Å². The Labute approximate surface area is 199 Å². The van der Waals surface area contributed by atoms with Crippen molar-refractivity contribution in [2.45, 2.75) is 26.2 Å². The average Bonchev–Trinajstić information content (AvgIpc) is 2.88. The van der Waals surface area contributed by atoms with Crippen LogP contribution in [0.1, 0.15) is 25.5 Å². The number of benzene rings is 3. The van der Waals surface area contributed by atoms with Crippen LogP contribution >= 0.6 is 0 Å². The molecular formula is C24H18BF10N. The van der Waals surface area contributed by atoms with Gasteiger partial charge in [0.05, 0.1) is 0 Å². The molecule has 1 atom stereocenters. The Bertz CT molecular complexity index is 1230. The molecule has 1 nitrogen and oxygen atoms in total. The van der Waals surface area contributed by atoms with Gasteiger partial charge in [-0.2, -0.15) is 0 Å². The van der Waals surface area contributed by atoms with E-state index in [1.807, 2.05) is 0 Å². The van der Waals surface area contributed by atoms with Crippen molar-refractivity contribution in [3.8, 4) is 0 Å². The Morgan fingerprint density at radius 3 is 1.25 bits per heavy atom. The van der Waals surface area contributed by atoms with E-state index < -0.39 is 92.1 Å². The molecule has 3 aromatic rings. The van der Waals surface area contributed by atoms with Crippen molar-refractivity contribution in [2.24, 2.45) is 0 Å². The number of quaternary nitrogens is 1. The zero-order valence-corrected chi connectivity index (χ0v) is 18.9. The second-order valence-electron chi connectivity index (χ2n) is 8.86. The second-order valence-corrected chi connectivity index (χ2v) is 8.86. The summed E-state index contributed by atoms with van der Waals surface area (Å²) in [7, 11) is 0. The molecule has 12 heteroatoms. The van der Waals surface area contributed by atoms with Crippen molar-refractivity contribution < 1.29 is 48.3 Å². The zero-order chi connectivity index (χ0) is 26.7. The lowest BCUT2D eigenvalue weighted by molar-refractivity contribution is -0.881. The van der Waals surface area contributed by atoms with E-state index >= 15 is 17.6 Å². The summed E-state index contributed by atoms with van der Waals surface area (Å²) in [5.74, 6) is -24.1. The monoisotopic (exact) mass is 521 g/mol. The molecule has 3 aromatic carbocycles. The molecule has 1 heterocycles. The van der Waals surface area contributed by atoms with Crippen LogP contribution in [0, 0.1) is 58.2 Å². The first-order valence-corrected chi connectivity index (χ1v) is 11.0. The molecule has 0 aliphatic carbocycles. The highest BCUT2D eigenvalue weighted by atomic mass is 19.2. The third kappa shape index (κ3) is 3.09. The van der Waals surface area contributed by atoms with Crippen LogP contribution in [-0.2, 0) is 0 Å². The molecule has 0 spiro atoms. The molecule has 0 saturated carbocycles. The fourth-order valence-corrected chi connectivity index (χ4v) is 6.28. The van der Waals surface area contributed by atoms with Gasteiger partial charge in [-0.25, -0.2) is 43.9 Å². The molecular weight excluding hydrogens is 503 g/mol. The van der Waals surface area contributed by atoms with Crippen molar-refractivity contribution in [3.05, 3.63) is 94.1 Å². The fraction of sp³-hybridized carbons (Fsp3) is 0.250. The number of halogens is 10. The summed E-state index contributed by atoms with van der Waals surface area (Å²) in [5.41, 5.74) is -2.69. The van der Waals surface area contributed by atoms with E-state index in [0.29, 0.717) is 5.56 Å². The quantitative estimate of drug-likeness (QED) is 0.174. The molecule has 0 bridgehead atoms. The van der Waals surface area contributed by atoms with Crippen molar-refractivity contribution in [3.63, 3.8) is 0 Å². The van der Waals surface area contributed by atoms with Crippen molar-refractivity contribution in [1.29, 1.82) is 0 Å². The molecule has 1 aliphatic heterocycles. The summed E-state index contributed by atoms with van der Waals surface area (Å²) in [6.45, 7) is 2.48. The third-order valence-corrected chi connectivity index (χ3v) is 7.87. The van der Waals surface area contributed by atoms with Gasteiger partial charge in [-0.3, -0.25) is 0 Å². The van der Waals surface area contributed by atoms with Gasteiger partial charge in [0.2, 0.25) is 0 Å². The van der Waals surface area contributed by atoms with Gasteiger partial charge < -0.3 is 4.39 Å². The van der Waals surface area contributed by atoms with Gasteiger partial charge in [0.15, 0.2) is 34.9 Å². The van der Waals surface area contributed by atoms with Crippen LogP contribution in [0.3, 0.4) is 0 Å². The maximum absolute atomic E-state index is 15.3. The number of hydrogen-bond acceptors (Lipinski definition) is 0. The molecule has 1 saturated heterocycles. The van der Waals surface area contributed by atoms with Gasteiger partial charge in [0.1, 0.15) is 23.3 Å². The number of rotatable bonds is 5. The highest BCUT2D eigenvalue weighted by molar-refractivity contribution is 6.98. The summed E-state index contributed by atoms with van der Waals surface area (Å²) in [4.78, 5) is 0. The maximum Gasteiger partial charge on any atom is 0.281 e. The van der Waals surface area contributed by atoms with Gasteiger partial charge >= 0.3 is 0 Å². The highest BCUT2D eigenvalue weighted by Gasteiger charge is 2.66. The molecule has 0 amide bonds. The molecule has 0 unspecified atom stereocenters. The van der Waals surface area contributed by atoms with E-state index in [9.17, 15) is 26.3 Å². The fourth-order valence-electron chi connectivity index (χ4n) is 6.28. The minimum absolute atomic E-state index is 0.199. The Morgan fingerprint density at radius 1 is 0.583 bits per heavy atom. The predicted molar refractivity (Wildman–Crippen MR) is 113 cm³/mol. The van der Waals surface area contributed by atoms with Crippen LogP contribution in [0.5, 0.6) is 0 Å².